The molecule has 0 radical (unpaired) electrons. The van der Waals surface area contributed by atoms with E-state index < -0.39 is 0 Å². The minimum absolute atomic E-state index is 0.131. The van der Waals surface area contributed by atoms with Crippen molar-refractivity contribution < 1.29 is 9.53 Å². The van der Waals surface area contributed by atoms with Gasteiger partial charge in [-0.1, -0.05) is 12.1 Å². The molecule has 110 valence electrons. The zero-order valence-electron chi connectivity index (χ0n) is 12.2. The second kappa shape index (κ2) is 4.94. The quantitative estimate of drug-likeness (QED) is 0.729. The molecule has 0 N–H and O–H groups in total. The van der Waals surface area contributed by atoms with Crippen LogP contribution in [-0.2, 0) is 6.42 Å². The third-order valence-electron chi connectivity index (χ3n) is 4.22. The van der Waals surface area contributed by atoms with E-state index in [0.29, 0.717) is 12.0 Å². The number of hydrogen-bond acceptors (Lipinski definition) is 4. The monoisotopic (exact) mass is 293 g/mol. The predicted octanol–water partition coefficient (Wildman–Crippen LogP) is 2.65. The first-order valence-corrected chi connectivity index (χ1v) is 7.25. The van der Waals surface area contributed by atoms with E-state index in [4.69, 9.17) is 4.74 Å². The first-order chi connectivity index (χ1) is 10.7. The van der Waals surface area contributed by atoms with Gasteiger partial charge in [-0.15, -0.1) is 0 Å². The van der Waals surface area contributed by atoms with Crippen LogP contribution in [0.1, 0.15) is 34.0 Å². The van der Waals surface area contributed by atoms with Crippen molar-refractivity contribution in [2.24, 2.45) is 0 Å². The summed E-state index contributed by atoms with van der Waals surface area (Å²) < 4.78 is 6.84. The average Bonchev–Trinajstić information content (AvgIpc) is 3.00. The number of aromatic nitrogens is 3. The molecule has 22 heavy (non-hydrogen) atoms. The van der Waals surface area contributed by atoms with Crippen LogP contribution in [0.15, 0.2) is 42.7 Å². The Morgan fingerprint density at radius 3 is 2.77 bits per heavy atom. The molecule has 1 aromatic carbocycles. The van der Waals surface area contributed by atoms with E-state index >= 15 is 0 Å². The molecule has 5 nitrogen and oxygen atoms in total. The second-order valence-electron chi connectivity index (χ2n) is 5.54. The Labute approximate surface area is 127 Å². The highest BCUT2D eigenvalue weighted by Gasteiger charge is 2.28. The van der Waals surface area contributed by atoms with Gasteiger partial charge in [0.1, 0.15) is 5.75 Å². The topological polar surface area (TPSA) is 56.5 Å². The summed E-state index contributed by atoms with van der Waals surface area (Å²) in [6.45, 7) is 0. The molecule has 1 atom stereocenters. The highest BCUT2D eigenvalue weighted by atomic mass is 16.5. The van der Waals surface area contributed by atoms with Crippen LogP contribution >= 0.6 is 0 Å². The molecule has 5 heteroatoms. The van der Waals surface area contributed by atoms with Crippen LogP contribution in [0.25, 0.3) is 5.65 Å². The zero-order chi connectivity index (χ0) is 15.1. The summed E-state index contributed by atoms with van der Waals surface area (Å²) in [5.74, 6) is 1.13. The molecule has 1 aliphatic rings. The summed E-state index contributed by atoms with van der Waals surface area (Å²) in [5.41, 5.74) is 3.49. The maximum atomic E-state index is 12.5. The molecule has 2 aromatic heterocycles. The number of Topliss-reactive ketones (excluding diaryl/α,β-unsaturated/α-hetero) is 1. The summed E-state index contributed by atoms with van der Waals surface area (Å²) in [5, 5.41) is 4.15. The van der Waals surface area contributed by atoms with Gasteiger partial charge in [0.15, 0.2) is 11.4 Å². The van der Waals surface area contributed by atoms with E-state index in [-0.39, 0.29) is 11.7 Å². The number of ketones is 1. The maximum absolute atomic E-state index is 12.5. The SMILES string of the molecule is COc1ccc(C2CC(=O)c3cn4nccc4nc3C2)cc1. The number of fused-ring (bicyclic) bond motifs is 2. The molecule has 0 fully saturated rings. The van der Waals surface area contributed by atoms with E-state index in [1.165, 1.54) is 0 Å². The Hall–Kier alpha value is -2.69. The summed E-state index contributed by atoms with van der Waals surface area (Å²) in [6.07, 6.45) is 4.77. The van der Waals surface area contributed by atoms with Crippen molar-refractivity contribution in [1.82, 2.24) is 14.6 Å². The lowest BCUT2D eigenvalue weighted by Gasteiger charge is -2.23. The van der Waals surface area contributed by atoms with E-state index in [2.05, 4.69) is 10.1 Å². The largest absolute Gasteiger partial charge is 0.497 e. The molecule has 1 aliphatic carbocycles. The molecule has 4 rings (SSSR count). The molecule has 0 saturated heterocycles. The van der Waals surface area contributed by atoms with Crippen molar-refractivity contribution in [3.63, 3.8) is 0 Å². The molecule has 3 aromatic rings. The molecule has 0 spiro atoms. The molecule has 0 amide bonds. The Bertz CT molecular complexity index is 852. The molecule has 0 saturated carbocycles. The van der Waals surface area contributed by atoms with Crippen LogP contribution in [0, 0.1) is 0 Å². The third kappa shape index (κ3) is 2.06. The normalized spacial score (nSPS) is 17.5. The van der Waals surface area contributed by atoms with Crippen molar-refractivity contribution in [1.29, 1.82) is 0 Å². The second-order valence-corrected chi connectivity index (χ2v) is 5.54. The minimum atomic E-state index is 0.131. The number of rotatable bonds is 2. The molecule has 2 heterocycles. The molecular weight excluding hydrogens is 278 g/mol. The first-order valence-electron chi connectivity index (χ1n) is 7.25. The summed E-state index contributed by atoms with van der Waals surface area (Å²) in [4.78, 5) is 17.0. The lowest BCUT2D eigenvalue weighted by molar-refractivity contribution is 0.0962. The van der Waals surface area contributed by atoms with Gasteiger partial charge in [0.2, 0.25) is 0 Å². The van der Waals surface area contributed by atoms with Crippen molar-refractivity contribution in [2.75, 3.05) is 7.11 Å². The summed E-state index contributed by atoms with van der Waals surface area (Å²) in [6, 6.07) is 9.77. The van der Waals surface area contributed by atoms with Gasteiger partial charge in [-0.25, -0.2) is 9.50 Å². The highest BCUT2D eigenvalue weighted by Crippen LogP contribution is 2.32. The van der Waals surface area contributed by atoms with Crippen LogP contribution in [0.2, 0.25) is 0 Å². The Kier molecular flexibility index (Phi) is 2.92. The van der Waals surface area contributed by atoms with Gasteiger partial charge in [0.05, 0.1) is 24.6 Å². The maximum Gasteiger partial charge on any atom is 0.166 e. The zero-order valence-corrected chi connectivity index (χ0v) is 12.2. The Balaban J connectivity index is 1.71. The van der Waals surface area contributed by atoms with Gasteiger partial charge in [-0.2, -0.15) is 5.10 Å². The number of benzene rings is 1. The fourth-order valence-electron chi connectivity index (χ4n) is 3.03. The van der Waals surface area contributed by atoms with Crippen molar-refractivity contribution >= 4 is 11.4 Å². The third-order valence-corrected chi connectivity index (χ3v) is 4.22. The number of carbonyl (C=O) groups is 1. The Morgan fingerprint density at radius 2 is 2.00 bits per heavy atom. The number of hydrogen-bond donors (Lipinski definition) is 0. The average molecular weight is 293 g/mol. The van der Waals surface area contributed by atoms with Gasteiger partial charge in [0.25, 0.3) is 0 Å². The first kappa shape index (κ1) is 13.0. The van der Waals surface area contributed by atoms with Crippen molar-refractivity contribution in [2.45, 2.75) is 18.8 Å². The van der Waals surface area contributed by atoms with Gasteiger partial charge in [-0.3, -0.25) is 4.79 Å². The van der Waals surface area contributed by atoms with E-state index in [9.17, 15) is 4.79 Å². The van der Waals surface area contributed by atoms with Gasteiger partial charge < -0.3 is 4.74 Å². The van der Waals surface area contributed by atoms with Crippen molar-refractivity contribution in [3.05, 3.63) is 59.5 Å². The molecule has 0 bridgehead atoms. The number of nitrogens with zero attached hydrogens (tertiary/aromatic N) is 3. The predicted molar refractivity (Wildman–Crippen MR) is 81.4 cm³/mol. The fourth-order valence-corrected chi connectivity index (χ4v) is 3.03. The van der Waals surface area contributed by atoms with Gasteiger partial charge in [-0.05, 0) is 30.0 Å². The van der Waals surface area contributed by atoms with Crippen LogP contribution in [0.3, 0.4) is 0 Å². The van der Waals surface area contributed by atoms with E-state index in [1.54, 1.807) is 24.0 Å². The Morgan fingerprint density at radius 1 is 1.18 bits per heavy atom. The van der Waals surface area contributed by atoms with Gasteiger partial charge >= 0.3 is 0 Å². The van der Waals surface area contributed by atoms with Crippen LogP contribution < -0.4 is 4.74 Å². The molecular formula is C17H15N3O2. The van der Waals surface area contributed by atoms with Crippen LogP contribution in [0.5, 0.6) is 5.75 Å². The summed E-state index contributed by atoms with van der Waals surface area (Å²) in [7, 11) is 1.65. The van der Waals surface area contributed by atoms with E-state index in [0.717, 1.165) is 29.1 Å². The smallest absolute Gasteiger partial charge is 0.166 e. The molecule has 0 aliphatic heterocycles. The van der Waals surface area contributed by atoms with Gasteiger partial charge in [0, 0.05) is 18.7 Å². The van der Waals surface area contributed by atoms with Crippen LogP contribution in [0.4, 0.5) is 0 Å². The van der Waals surface area contributed by atoms with Crippen LogP contribution in [-0.4, -0.2) is 27.5 Å². The lowest BCUT2D eigenvalue weighted by Crippen LogP contribution is -2.21. The van der Waals surface area contributed by atoms with Crippen molar-refractivity contribution in [3.8, 4) is 5.75 Å². The fraction of sp³-hybridized carbons (Fsp3) is 0.235. The standard InChI is InChI=1S/C17H15N3O2/c1-22-13-4-2-11(3-5-13)12-8-15-14(16(21)9-12)10-20-17(19-15)6-7-18-20/h2-7,10,12H,8-9H2,1H3. The summed E-state index contributed by atoms with van der Waals surface area (Å²) >= 11 is 0. The molecule has 1 unspecified atom stereocenters. The minimum Gasteiger partial charge on any atom is -0.497 e. The number of methoxy groups -OCH3 is 1. The van der Waals surface area contributed by atoms with E-state index in [1.807, 2.05) is 30.3 Å². The number of carbonyl (C=O) groups excluding carboxylic acids is 1. The lowest BCUT2D eigenvalue weighted by atomic mass is 9.82. The number of ether oxygens (including phenoxy) is 1. The highest BCUT2D eigenvalue weighted by molar-refractivity contribution is 5.98.